The van der Waals surface area contributed by atoms with E-state index < -0.39 is 0 Å². The Morgan fingerprint density at radius 2 is 1.93 bits per heavy atom. The number of aromatic nitrogens is 2. The molecule has 30 heavy (non-hydrogen) atoms. The first-order valence-corrected chi connectivity index (χ1v) is 10.1. The number of hydrogen-bond acceptors (Lipinski definition) is 6. The smallest absolute Gasteiger partial charge is 0.260 e. The number of ether oxygens (including phenoxy) is 2. The van der Waals surface area contributed by atoms with Gasteiger partial charge < -0.3 is 18.9 Å². The maximum atomic E-state index is 12.5. The van der Waals surface area contributed by atoms with Gasteiger partial charge in [0, 0.05) is 12.6 Å². The minimum Gasteiger partial charge on any atom is -0.497 e. The molecule has 1 aromatic heterocycles. The number of fused-ring (bicyclic) bond motifs is 1. The zero-order valence-corrected chi connectivity index (χ0v) is 17.3. The van der Waals surface area contributed by atoms with Crippen LogP contribution in [-0.2, 0) is 24.2 Å². The number of aryl methyl sites for hydroxylation is 1. The molecule has 0 saturated heterocycles. The van der Waals surface area contributed by atoms with E-state index in [-0.39, 0.29) is 19.1 Å². The second kappa shape index (κ2) is 8.98. The van der Waals surface area contributed by atoms with Crippen LogP contribution in [0.4, 0.5) is 0 Å². The lowest BCUT2D eigenvalue weighted by Crippen LogP contribution is -2.31. The molecule has 7 nitrogen and oxygen atoms in total. The molecule has 0 aliphatic heterocycles. The molecule has 2 aromatic carbocycles. The fourth-order valence-corrected chi connectivity index (χ4v) is 3.60. The molecule has 0 unspecified atom stereocenters. The van der Waals surface area contributed by atoms with Crippen LogP contribution in [0.1, 0.15) is 29.9 Å². The highest BCUT2D eigenvalue weighted by Gasteiger charge is 2.18. The highest BCUT2D eigenvalue weighted by Crippen LogP contribution is 2.29. The molecule has 0 fully saturated rings. The van der Waals surface area contributed by atoms with Crippen molar-refractivity contribution >= 4 is 5.91 Å². The predicted molar refractivity (Wildman–Crippen MR) is 111 cm³/mol. The lowest BCUT2D eigenvalue weighted by Gasteiger charge is -2.20. The Bertz CT molecular complexity index is 1010. The van der Waals surface area contributed by atoms with Crippen molar-refractivity contribution in [3.8, 4) is 22.9 Å². The average molecular weight is 407 g/mol. The van der Waals surface area contributed by atoms with Crippen LogP contribution in [0.5, 0.6) is 11.5 Å². The lowest BCUT2D eigenvalue weighted by molar-refractivity contribution is -0.132. The Kier molecular flexibility index (Phi) is 5.97. The SMILES string of the molecule is COc1ccc(-c2noc(CN(C)C(=O)COc3cccc4c3CCCC4)n2)cc1. The van der Waals surface area contributed by atoms with Gasteiger partial charge in [0.2, 0.25) is 11.7 Å². The molecule has 0 radical (unpaired) electrons. The minimum atomic E-state index is -0.146. The van der Waals surface area contributed by atoms with Crippen LogP contribution in [0.2, 0.25) is 0 Å². The monoisotopic (exact) mass is 407 g/mol. The number of benzene rings is 2. The van der Waals surface area contributed by atoms with E-state index >= 15 is 0 Å². The number of amides is 1. The van der Waals surface area contributed by atoms with Crippen LogP contribution in [0.3, 0.4) is 0 Å². The van der Waals surface area contributed by atoms with E-state index in [4.69, 9.17) is 14.0 Å². The van der Waals surface area contributed by atoms with Gasteiger partial charge in [-0.1, -0.05) is 17.3 Å². The molecule has 0 saturated carbocycles. The van der Waals surface area contributed by atoms with E-state index in [1.165, 1.54) is 22.4 Å². The summed E-state index contributed by atoms with van der Waals surface area (Å²) in [5, 5.41) is 4.00. The summed E-state index contributed by atoms with van der Waals surface area (Å²) in [4.78, 5) is 18.4. The van der Waals surface area contributed by atoms with Gasteiger partial charge in [-0.3, -0.25) is 4.79 Å². The first-order chi connectivity index (χ1) is 14.6. The quantitative estimate of drug-likeness (QED) is 0.595. The van der Waals surface area contributed by atoms with Crippen molar-refractivity contribution in [2.75, 3.05) is 20.8 Å². The summed E-state index contributed by atoms with van der Waals surface area (Å²) in [5.74, 6) is 2.27. The van der Waals surface area contributed by atoms with E-state index in [2.05, 4.69) is 16.2 Å². The highest BCUT2D eigenvalue weighted by atomic mass is 16.5. The molecule has 156 valence electrons. The number of rotatable bonds is 7. The third kappa shape index (κ3) is 4.45. The summed E-state index contributed by atoms with van der Waals surface area (Å²) in [7, 11) is 3.31. The molecule has 4 rings (SSSR count). The topological polar surface area (TPSA) is 77.7 Å². The largest absolute Gasteiger partial charge is 0.497 e. The lowest BCUT2D eigenvalue weighted by atomic mass is 9.91. The summed E-state index contributed by atoms with van der Waals surface area (Å²) >= 11 is 0. The van der Waals surface area contributed by atoms with Crippen molar-refractivity contribution in [1.29, 1.82) is 0 Å². The molecule has 0 bridgehead atoms. The number of hydrogen-bond donors (Lipinski definition) is 0. The van der Waals surface area contributed by atoms with Crippen molar-refractivity contribution in [1.82, 2.24) is 15.0 Å². The van der Waals surface area contributed by atoms with Crippen LogP contribution >= 0.6 is 0 Å². The summed E-state index contributed by atoms with van der Waals surface area (Å²) in [6.45, 7) is 0.199. The van der Waals surface area contributed by atoms with Crippen molar-refractivity contribution in [3.05, 3.63) is 59.5 Å². The van der Waals surface area contributed by atoms with Gasteiger partial charge in [0.1, 0.15) is 11.5 Å². The zero-order chi connectivity index (χ0) is 20.9. The number of carbonyl (C=O) groups excluding carboxylic acids is 1. The van der Waals surface area contributed by atoms with Gasteiger partial charge in [-0.05, 0) is 67.1 Å². The molecular weight excluding hydrogens is 382 g/mol. The van der Waals surface area contributed by atoms with Crippen LogP contribution in [0, 0.1) is 0 Å². The first-order valence-electron chi connectivity index (χ1n) is 10.1. The summed E-state index contributed by atoms with van der Waals surface area (Å²) in [5.41, 5.74) is 3.38. The second-order valence-corrected chi connectivity index (χ2v) is 7.38. The Labute approximate surface area is 175 Å². The Morgan fingerprint density at radius 1 is 1.13 bits per heavy atom. The molecule has 3 aromatic rings. The van der Waals surface area contributed by atoms with Gasteiger partial charge in [-0.25, -0.2) is 0 Å². The van der Waals surface area contributed by atoms with Crippen molar-refractivity contribution in [3.63, 3.8) is 0 Å². The molecule has 1 aliphatic rings. The Morgan fingerprint density at radius 3 is 2.73 bits per heavy atom. The normalized spacial score (nSPS) is 12.9. The predicted octanol–water partition coefficient (Wildman–Crippen LogP) is 3.66. The summed E-state index contributed by atoms with van der Waals surface area (Å²) in [6.07, 6.45) is 4.45. The summed E-state index contributed by atoms with van der Waals surface area (Å²) < 4.78 is 16.3. The fraction of sp³-hybridized carbons (Fsp3) is 0.348. The molecule has 0 spiro atoms. The van der Waals surface area contributed by atoms with Gasteiger partial charge in [0.15, 0.2) is 6.61 Å². The van der Waals surface area contributed by atoms with Gasteiger partial charge >= 0.3 is 0 Å². The first kappa shape index (κ1) is 19.9. The molecule has 7 heteroatoms. The molecule has 0 atom stereocenters. The number of nitrogens with zero attached hydrogens (tertiary/aromatic N) is 3. The van der Waals surface area contributed by atoms with Crippen LogP contribution < -0.4 is 9.47 Å². The van der Waals surface area contributed by atoms with Gasteiger partial charge in [0.05, 0.1) is 13.7 Å². The van der Waals surface area contributed by atoms with Gasteiger partial charge in [0.25, 0.3) is 5.91 Å². The van der Waals surface area contributed by atoms with E-state index in [0.29, 0.717) is 11.7 Å². The Balaban J connectivity index is 1.34. The van der Waals surface area contributed by atoms with Crippen LogP contribution in [-0.4, -0.2) is 41.7 Å². The van der Waals surface area contributed by atoms with Gasteiger partial charge in [-0.2, -0.15) is 4.98 Å². The highest BCUT2D eigenvalue weighted by molar-refractivity contribution is 5.77. The van der Waals surface area contributed by atoms with Crippen molar-refractivity contribution < 1.29 is 18.8 Å². The van der Waals surface area contributed by atoms with Crippen molar-refractivity contribution in [2.24, 2.45) is 0 Å². The molecular formula is C23H25N3O4. The second-order valence-electron chi connectivity index (χ2n) is 7.38. The van der Waals surface area contributed by atoms with Crippen molar-refractivity contribution in [2.45, 2.75) is 32.2 Å². The molecule has 1 amide bonds. The third-order valence-electron chi connectivity index (χ3n) is 5.32. The number of carbonyl (C=O) groups is 1. The molecule has 0 N–H and O–H groups in total. The maximum Gasteiger partial charge on any atom is 0.260 e. The Hall–Kier alpha value is -3.35. The molecule has 1 aliphatic carbocycles. The van der Waals surface area contributed by atoms with Crippen LogP contribution in [0.15, 0.2) is 47.0 Å². The van der Waals surface area contributed by atoms with E-state index in [1.54, 1.807) is 14.2 Å². The zero-order valence-electron chi connectivity index (χ0n) is 17.3. The fourth-order valence-electron chi connectivity index (χ4n) is 3.60. The van der Waals surface area contributed by atoms with E-state index in [9.17, 15) is 4.79 Å². The standard InChI is InChI=1S/C23H25N3O4/c1-26(14-21-24-23(25-30-21)17-10-12-18(28-2)13-11-17)22(27)15-29-20-9-5-7-16-6-3-4-8-19(16)20/h5,7,9-13H,3-4,6,8,14-15H2,1-2H3. The van der Waals surface area contributed by atoms with E-state index in [0.717, 1.165) is 36.3 Å². The third-order valence-corrected chi connectivity index (χ3v) is 5.32. The molecule has 1 heterocycles. The number of methoxy groups -OCH3 is 1. The minimum absolute atomic E-state index is 0.0214. The summed E-state index contributed by atoms with van der Waals surface area (Å²) in [6, 6.07) is 13.5. The number of likely N-dealkylation sites (N-methyl/N-ethyl adjacent to an activating group) is 1. The maximum absolute atomic E-state index is 12.5. The van der Waals surface area contributed by atoms with Gasteiger partial charge in [-0.15, -0.1) is 0 Å². The van der Waals surface area contributed by atoms with E-state index in [1.807, 2.05) is 36.4 Å². The average Bonchev–Trinajstić information content (AvgIpc) is 3.25. The van der Waals surface area contributed by atoms with Crippen LogP contribution in [0.25, 0.3) is 11.4 Å².